The Hall–Kier alpha value is -1.38. The average Bonchev–Trinajstić information content (AvgIpc) is 2.86. The van der Waals surface area contributed by atoms with Crippen LogP contribution in [0.5, 0.6) is 0 Å². The summed E-state index contributed by atoms with van der Waals surface area (Å²) in [7, 11) is 0. The maximum Gasteiger partial charge on any atom is 0.124 e. The number of benzene rings is 2. The zero-order valence-corrected chi connectivity index (χ0v) is 11.8. The molecule has 1 atom stereocenters. The van der Waals surface area contributed by atoms with Gasteiger partial charge in [0.1, 0.15) is 5.82 Å². The van der Waals surface area contributed by atoms with Crippen molar-refractivity contribution in [2.24, 2.45) is 5.92 Å². The predicted octanol–water partition coefficient (Wildman–Crippen LogP) is 3.80. The van der Waals surface area contributed by atoms with Gasteiger partial charge in [-0.2, -0.15) is 0 Å². The quantitative estimate of drug-likeness (QED) is 0.912. The summed E-state index contributed by atoms with van der Waals surface area (Å²) in [6.45, 7) is 0. The van der Waals surface area contributed by atoms with Gasteiger partial charge >= 0.3 is 0 Å². The molecule has 0 bridgehead atoms. The molecule has 3 rings (SSSR count). The molecular formula is C17H16ClFO. The van der Waals surface area contributed by atoms with Gasteiger partial charge in [-0.25, -0.2) is 4.39 Å². The van der Waals surface area contributed by atoms with Crippen LogP contribution in [0.3, 0.4) is 0 Å². The highest BCUT2D eigenvalue weighted by Crippen LogP contribution is 2.30. The molecule has 0 heterocycles. The van der Waals surface area contributed by atoms with Crippen LogP contribution in [0.1, 0.15) is 16.7 Å². The van der Waals surface area contributed by atoms with Gasteiger partial charge in [0.05, 0.1) is 6.10 Å². The molecule has 1 unspecified atom stereocenters. The lowest BCUT2D eigenvalue weighted by molar-refractivity contribution is 0.113. The summed E-state index contributed by atoms with van der Waals surface area (Å²) in [5, 5.41) is 10.8. The van der Waals surface area contributed by atoms with Crippen LogP contribution in [0.25, 0.3) is 0 Å². The molecule has 0 aromatic heterocycles. The van der Waals surface area contributed by atoms with E-state index in [0.29, 0.717) is 11.4 Å². The Morgan fingerprint density at radius 3 is 2.40 bits per heavy atom. The van der Waals surface area contributed by atoms with Gasteiger partial charge in [0.2, 0.25) is 0 Å². The lowest BCUT2D eigenvalue weighted by Crippen LogP contribution is -2.23. The monoisotopic (exact) mass is 290 g/mol. The molecule has 0 saturated carbocycles. The Morgan fingerprint density at radius 1 is 1.15 bits per heavy atom. The number of hydrogen-bond donors (Lipinski definition) is 1. The molecular weight excluding hydrogens is 275 g/mol. The van der Waals surface area contributed by atoms with E-state index in [0.717, 1.165) is 18.4 Å². The van der Waals surface area contributed by atoms with E-state index in [1.54, 1.807) is 6.07 Å². The average molecular weight is 291 g/mol. The summed E-state index contributed by atoms with van der Waals surface area (Å²) in [5.41, 5.74) is 3.44. The summed E-state index contributed by atoms with van der Waals surface area (Å²) >= 11 is 6.02. The first kappa shape index (κ1) is 13.6. The Morgan fingerprint density at radius 2 is 1.80 bits per heavy atom. The molecule has 1 nitrogen and oxygen atoms in total. The Kier molecular flexibility index (Phi) is 3.77. The minimum absolute atomic E-state index is 0.216. The molecule has 0 radical (unpaired) electrons. The number of rotatable bonds is 3. The van der Waals surface area contributed by atoms with Gasteiger partial charge in [0.15, 0.2) is 0 Å². The van der Waals surface area contributed by atoms with Crippen LogP contribution < -0.4 is 0 Å². The van der Waals surface area contributed by atoms with E-state index in [-0.39, 0.29) is 11.7 Å². The van der Waals surface area contributed by atoms with E-state index in [9.17, 15) is 9.50 Å². The summed E-state index contributed by atoms with van der Waals surface area (Å²) < 4.78 is 13.0. The maximum atomic E-state index is 13.0. The summed E-state index contributed by atoms with van der Waals surface area (Å²) in [5.74, 6) is -0.130. The van der Waals surface area contributed by atoms with Gasteiger partial charge in [-0.15, -0.1) is 0 Å². The second-order valence-electron chi connectivity index (χ2n) is 5.44. The fraction of sp³-hybridized carbons (Fsp3) is 0.294. The van der Waals surface area contributed by atoms with E-state index in [1.165, 1.54) is 23.3 Å². The number of halogens is 2. The Balaban J connectivity index is 1.70. The van der Waals surface area contributed by atoms with Crippen molar-refractivity contribution in [2.75, 3.05) is 0 Å². The molecule has 0 fully saturated rings. The van der Waals surface area contributed by atoms with E-state index < -0.39 is 6.10 Å². The molecule has 20 heavy (non-hydrogen) atoms. The van der Waals surface area contributed by atoms with Crippen molar-refractivity contribution in [3.05, 3.63) is 70.0 Å². The highest BCUT2D eigenvalue weighted by Gasteiger charge is 2.27. The van der Waals surface area contributed by atoms with Crippen LogP contribution in [-0.4, -0.2) is 11.2 Å². The standard InChI is InChI=1S/C17H16ClFO/c18-16-10-15(19)6-5-13(16)9-17(20)14-7-11-3-1-2-4-12(11)8-14/h1-6,10,14,17,20H,7-9H2. The third kappa shape index (κ3) is 2.72. The van der Waals surface area contributed by atoms with E-state index in [2.05, 4.69) is 12.1 Å². The third-order valence-corrected chi connectivity index (χ3v) is 4.42. The van der Waals surface area contributed by atoms with Crippen molar-refractivity contribution in [2.45, 2.75) is 25.4 Å². The number of fused-ring (bicyclic) bond motifs is 1. The van der Waals surface area contributed by atoms with Crippen molar-refractivity contribution >= 4 is 11.6 Å². The van der Waals surface area contributed by atoms with Crippen LogP contribution >= 0.6 is 11.6 Å². The molecule has 0 spiro atoms. The van der Waals surface area contributed by atoms with Gasteiger partial charge in [0, 0.05) is 11.4 Å². The number of hydrogen-bond acceptors (Lipinski definition) is 1. The first-order chi connectivity index (χ1) is 9.63. The summed E-state index contributed by atoms with van der Waals surface area (Å²) in [6.07, 6.45) is 1.81. The maximum absolute atomic E-state index is 13.0. The Labute approximate surface area is 123 Å². The molecule has 1 N–H and O–H groups in total. The lowest BCUT2D eigenvalue weighted by atomic mass is 9.93. The fourth-order valence-electron chi connectivity index (χ4n) is 2.94. The lowest BCUT2D eigenvalue weighted by Gasteiger charge is -2.18. The van der Waals surface area contributed by atoms with Crippen molar-refractivity contribution < 1.29 is 9.50 Å². The van der Waals surface area contributed by atoms with E-state index >= 15 is 0 Å². The van der Waals surface area contributed by atoms with E-state index in [4.69, 9.17) is 11.6 Å². The van der Waals surface area contributed by atoms with Gasteiger partial charge in [-0.05, 0) is 47.6 Å². The normalized spacial score (nSPS) is 16.1. The van der Waals surface area contributed by atoms with Crippen LogP contribution in [0.2, 0.25) is 5.02 Å². The largest absolute Gasteiger partial charge is 0.392 e. The van der Waals surface area contributed by atoms with Gasteiger partial charge in [0.25, 0.3) is 0 Å². The SMILES string of the molecule is OC(Cc1ccc(F)cc1Cl)C1Cc2ccccc2C1. The zero-order chi connectivity index (χ0) is 14.1. The smallest absolute Gasteiger partial charge is 0.124 e. The van der Waals surface area contributed by atoms with E-state index in [1.807, 2.05) is 12.1 Å². The topological polar surface area (TPSA) is 20.2 Å². The minimum Gasteiger partial charge on any atom is -0.392 e. The summed E-state index contributed by atoms with van der Waals surface area (Å²) in [6, 6.07) is 12.6. The van der Waals surface area contributed by atoms with Crippen molar-refractivity contribution in [3.8, 4) is 0 Å². The second kappa shape index (κ2) is 5.55. The molecule has 0 amide bonds. The molecule has 1 aliphatic carbocycles. The first-order valence-corrected chi connectivity index (χ1v) is 7.20. The molecule has 0 aliphatic heterocycles. The minimum atomic E-state index is -0.453. The van der Waals surface area contributed by atoms with Crippen molar-refractivity contribution in [3.63, 3.8) is 0 Å². The molecule has 0 saturated heterocycles. The van der Waals surface area contributed by atoms with Gasteiger partial charge < -0.3 is 5.11 Å². The molecule has 2 aromatic carbocycles. The van der Waals surface area contributed by atoms with Gasteiger partial charge in [-0.3, -0.25) is 0 Å². The molecule has 1 aliphatic rings. The number of aliphatic hydroxyl groups is 1. The highest BCUT2D eigenvalue weighted by molar-refractivity contribution is 6.31. The third-order valence-electron chi connectivity index (χ3n) is 4.07. The van der Waals surface area contributed by atoms with Gasteiger partial charge in [-0.1, -0.05) is 41.9 Å². The fourth-order valence-corrected chi connectivity index (χ4v) is 3.19. The highest BCUT2D eigenvalue weighted by atomic mass is 35.5. The molecule has 104 valence electrons. The van der Waals surface area contributed by atoms with Crippen molar-refractivity contribution in [1.82, 2.24) is 0 Å². The molecule has 2 aromatic rings. The number of aliphatic hydroxyl groups excluding tert-OH is 1. The predicted molar refractivity (Wildman–Crippen MR) is 78.5 cm³/mol. The van der Waals surface area contributed by atoms with Crippen LogP contribution in [0.4, 0.5) is 4.39 Å². The van der Waals surface area contributed by atoms with Crippen LogP contribution in [0, 0.1) is 11.7 Å². The zero-order valence-electron chi connectivity index (χ0n) is 11.0. The Bertz CT molecular complexity index is 601. The van der Waals surface area contributed by atoms with Crippen LogP contribution in [0.15, 0.2) is 42.5 Å². The van der Waals surface area contributed by atoms with Crippen LogP contribution in [-0.2, 0) is 19.3 Å². The van der Waals surface area contributed by atoms with Crippen molar-refractivity contribution in [1.29, 1.82) is 0 Å². The summed E-state index contributed by atoms with van der Waals surface area (Å²) in [4.78, 5) is 0. The molecule has 3 heteroatoms. The second-order valence-corrected chi connectivity index (χ2v) is 5.85. The first-order valence-electron chi connectivity index (χ1n) is 6.82.